The predicted molar refractivity (Wildman–Crippen MR) is 89.6 cm³/mol. The Morgan fingerprint density at radius 1 is 1.08 bits per heavy atom. The summed E-state index contributed by atoms with van der Waals surface area (Å²) in [7, 11) is 0. The van der Waals surface area contributed by atoms with Crippen molar-refractivity contribution in [3.8, 4) is 0 Å². The fraction of sp³-hybridized carbons (Fsp3) is 0.444. The van der Waals surface area contributed by atoms with Gasteiger partial charge in [0.1, 0.15) is 0 Å². The van der Waals surface area contributed by atoms with E-state index < -0.39 is 0 Å². The molecular weight excluding hydrogens is 318 g/mol. The summed E-state index contributed by atoms with van der Waals surface area (Å²) in [4.78, 5) is 11.3. The monoisotopic (exact) mass is 339 g/mol. The lowest BCUT2D eigenvalue weighted by molar-refractivity contribution is 0.225. The summed E-state index contributed by atoms with van der Waals surface area (Å²) in [5.41, 5.74) is 1.16. The molecule has 0 aliphatic carbocycles. The van der Waals surface area contributed by atoms with Crippen molar-refractivity contribution in [1.82, 2.24) is 25.2 Å². The molecule has 4 rings (SSSR count). The number of aromatic nitrogens is 4. The van der Waals surface area contributed by atoms with Crippen LogP contribution in [0.25, 0.3) is 0 Å². The normalized spacial score (nSPS) is 18.0. The summed E-state index contributed by atoms with van der Waals surface area (Å²) >= 11 is 0. The first kappa shape index (κ1) is 16.0. The SMILES string of the molecule is CCc1nc(C2CCCN2Cc2noc(Cc3ccccc3)n2)no1. The first-order chi connectivity index (χ1) is 12.3. The highest BCUT2D eigenvalue weighted by Gasteiger charge is 2.30. The molecule has 0 saturated carbocycles. The minimum atomic E-state index is 0.167. The molecule has 7 heteroatoms. The molecule has 3 heterocycles. The van der Waals surface area contributed by atoms with Crippen molar-refractivity contribution in [2.24, 2.45) is 0 Å². The van der Waals surface area contributed by atoms with Gasteiger partial charge in [-0.3, -0.25) is 4.90 Å². The van der Waals surface area contributed by atoms with Gasteiger partial charge in [-0.25, -0.2) is 0 Å². The van der Waals surface area contributed by atoms with Crippen molar-refractivity contribution in [2.75, 3.05) is 6.54 Å². The molecule has 1 aliphatic rings. The second-order valence-corrected chi connectivity index (χ2v) is 6.30. The number of likely N-dealkylation sites (tertiary alicyclic amines) is 1. The summed E-state index contributed by atoms with van der Waals surface area (Å²) in [5.74, 6) is 2.80. The van der Waals surface area contributed by atoms with Crippen LogP contribution in [0.1, 0.15) is 54.8 Å². The molecule has 0 bridgehead atoms. The van der Waals surface area contributed by atoms with Crippen LogP contribution in [0.5, 0.6) is 0 Å². The highest BCUT2D eigenvalue weighted by atomic mass is 16.5. The van der Waals surface area contributed by atoms with E-state index in [1.807, 2.05) is 25.1 Å². The van der Waals surface area contributed by atoms with Crippen molar-refractivity contribution >= 4 is 0 Å². The number of aryl methyl sites for hydroxylation is 1. The summed E-state index contributed by atoms with van der Waals surface area (Å²) < 4.78 is 10.7. The van der Waals surface area contributed by atoms with Crippen molar-refractivity contribution in [2.45, 2.75) is 45.2 Å². The van der Waals surface area contributed by atoms with E-state index in [0.717, 1.165) is 37.2 Å². The Labute approximate surface area is 146 Å². The van der Waals surface area contributed by atoms with Gasteiger partial charge in [0.05, 0.1) is 19.0 Å². The van der Waals surface area contributed by atoms with Crippen LogP contribution in [0.4, 0.5) is 0 Å². The molecule has 0 spiro atoms. The minimum Gasteiger partial charge on any atom is -0.339 e. The lowest BCUT2D eigenvalue weighted by atomic mass is 10.1. The zero-order valence-corrected chi connectivity index (χ0v) is 14.3. The molecule has 0 amide bonds. The maximum Gasteiger partial charge on any atom is 0.231 e. The second-order valence-electron chi connectivity index (χ2n) is 6.30. The van der Waals surface area contributed by atoms with Gasteiger partial charge in [-0.2, -0.15) is 9.97 Å². The standard InChI is InChI=1S/C18H21N5O2/c1-2-16-20-18(22-24-16)14-9-6-10-23(14)12-15-19-17(25-21-15)11-13-7-4-3-5-8-13/h3-5,7-8,14H,2,6,9-12H2,1H3. The summed E-state index contributed by atoms with van der Waals surface area (Å²) in [5, 5.41) is 8.26. The van der Waals surface area contributed by atoms with E-state index >= 15 is 0 Å². The fourth-order valence-electron chi connectivity index (χ4n) is 3.23. The first-order valence-electron chi connectivity index (χ1n) is 8.73. The van der Waals surface area contributed by atoms with Crippen LogP contribution < -0.4 is 0 Å². The third-order valence-electron chi connectivity index (χ3n) is 4.50. The Morgan fingerprint density at radius 3 is 2.72 bits per heavy atom. The third-order valence-corrected chi connectivity index (χ3v) is 4.50. The molecule has 1 aliphatic heterocycles. The average molecular weight is 339 g/mol. The molecule has 0 radical (unpaired) electrons. The Balaban J connectivity index is 1.43. The van der Waals surface area contributed by atoms with E-state index in [9.17, 15) is 0 Å². The van der Waals surface area contributed by atoms with Crippen molar-refractivity contribution < 1.29 is 9.05 Å². The predicted octanol–water partition coefficient (Wildman–Crippen LogP) is 2.94. The number of benzene rings is 1. The average Bonchev–Trinajstić information content (AvgIpc) is 3.37. The van der Waals surface area contributed by atoms with Gasteiger partial charge in [0, 0.05) is 6.42 Å². The number of hydrogen-bond acceptors (Lipinski definition) is 7. The van der Waals surface area contributed by atoms with Crippen molar-refractivity contribution in [3.63, 3.8) is 0 Å². The zero-order valence-electron chi connectivity index (χ0n) is 14.3. The molecule has 1 aromatic carbocycles. The Kier molecular flexibility index (Phi) is 4.56. The first-order valence-corrected chi connectivity index (χ1v) is 8.73. The summed E-state index contributed by atoms with van der Waals surface area (Å²) in [6.07, 6.45) is 3.54. The van der Waals surface area contributed by atoms with Crippen LogP contribution in [0.2, 0.25) is 0 Å². The molecule has 2 aromatic heterocycles. The van der Waals surface area contributed by atoms with Crippen molar-refractivity contribution in [1.29, 1.82) is 0 Å². The van der Waals surface area contributed by atoms with Gasteiger partial charge in [-0.15, -0.1) is 0 Å². The minimum absolute atomic E-state index is 0.167. The van der Waals surface area contributed by atoms with Gasteiger partial charge in [0.15, 0.2) is 11.6 Å². The third kappa shape index (κ3) is 3.61. The van der Waals surface area contributed by atoms with Gasteiger partial charge >= 0.3 is 0 Å². The van der Waals surface area contributed by atoms with Gasteiger partial charge in [-0.1, -0.05) is 47.6 Å². The summed E-state index contributed by atoms with van der Waals surface area (Å²) in [6, 6.07) is 10.3. The molecule has 1 atom stereocenters. The van der Waals surface area contributed by atoms with E-state index in [1.165, 1.54) is 0 Å². The highest BCUT2D eigenvalue weighted by molar-refractivity contribution is 5.18. The van der Waals surface area contributed by atoms with Crippen LogP contribution in [-0.2, 0) is 19.4 Å². The van der Waals surface area contributed by atoms with Gasteiger partial charge in [-0.05, 0) is 24.9 Å². The molecule has 1 unspecified atom stereocenters. The van der Waals surface area contributed by atoms with Crippen LogP contribution in [0.15, 0.2) is 39.4 Å². The molecule has 1 fully saturated rings. The van der Waals surface area contributed by atoms with E-state index in [4.69, 9.17) is 9.05 Å². The lowest BCUT2D eigenvalue weighted by Crippen LogP contribution is -2.24. The second kappa shape index (κ2) is 7.14. The molecule has 0 N–H and O–H groups in total. The Morgan fingerprint density at radius 2 is 1.92 bits per heavy atom. The van der Waals surface area contributed by atoms with Crippen LogP contribution in [0.3, 0.4) is 0 Å². The molecule has 25 heavy (non-hydrogen) atoms. The van der Waals surface area contributed by atoms with Gasteiger partial charge in [0.2, 0.25) is 11.8 Å². The van der Waals surface area contributed by atoms with Crippen molar-refractivity contribution in [3.05, 3.63) is 59.3 Å². The Bertz CT molecular complexity index is 814. The molecular formula is C18H21N5O2. The topological polar surface area (TPSA) is 81.1 Å². The maximum absolute atomic E-state index is 5.40. The van der Waals surface area contributed by atoms with Gasteiger partial charge in [0.25, 0.3) is 0 Å². The number of nitrogens with zero attached hydrogens (tertiary/aromatic N) is 5. The molecule has 130 valence electrons. The van der Waals surface area contributed by atoms with Crippen LogP contribution >= 0.6 is 0 Å². The highest BCUT2D eigenvalue weighted by Crippen LogP contribution is 2.31. The fourth-order valence-corrected chi connectivity index (χ4v) is 3.23. The molecule has 1 saturated heterocycles. The lowest BCUT2D eigenvalue weighted by Gasteiger charge is -2.19. The molecule has 3 aromatic rings. The van der Waals surface area contributed by atoms with E-state index in [0.29, 0.717) is 30.6 Å². The van der Waals surface area contributed by atoms with Crippen LogP contribution in [0, 0.1) is 0 Å². The van der Waals surface area contributed by atoms with E-state index in [-0.39, 0.29) is 6.04 Å². The quantitative estimate of drug-likeness (QED) is 0.683. The van der Waals surface area contributed by atoms with E-state index in [1.54, 1.807) is 0 Å². The Hall–Kier alpha value is -2.54. The van der Waals surface area contributed by atoms with Gasteiger partial charge < -0.3 is 9.05 Å². The smallest absolute Gasteiger partial charge is 0.231 e. The number of hydrogen-bond donors (Lipinski definition) is 0. The maximum atomic E-state index is 5.40. The summed E-state index contributed by atoms with van der Waals surface area (Å²) in [6.45, 7) is 3.62. The van der Waals surface area contributed by atoms with E-state index in [2.05, 4.69) is 37.3 Å². The zero-order chi connectivity index (χ0) is 17.1. The number of rotatable bonds is 6. The molecule has 7 nitrogen and oxygen atoms in total. The largest absolute Gasteiger partial charge is 0.339 e. The van der Waals surface area contributed by atoms with Crippen LogP contribution in [-0.4, -0.2) is 31.7 Å².